The van der Waals surface area contributed by atoms with E-state index in [0.717, 1.165) is 12.8 Å². The number of aryl methyl sites for hydroxylation is 1. The Bertz CT molecular complexity index is 587. The Morgan fingerprint density at radius 2 is 2.00 bits per heavy atom. The zero-order valence-corrected chi connectivity index (χ0v) is 12.4. The molecular weight excluding hydrogens is 266 g/mol. The Labute approximate surface area is 124 Å². The molecule has 0 saturated heterocycles. The largest absolute Gasteiger partial charge is 0.478 e. The molecule has 2 N–H and O–H groups in total. The van der Waals surface area contributed by atoms with Crippen LogP contribution in [0, 0.1) is 0 Å². The Morgan fingerprint density at radius 1 is 1.29 bits per heavy atom. The minimum absolute atomic E-state index is 0.0496. The highest BCUT2D eigenvalue weighted by molar-refractivity contribution is 5.87. The fourth-order valence-corrected chi connectivity index (χ4v) is 2.10. The molecule has 0 amide bonds. The summed E-state index contributed by atoms with van der Waals surface area (Å²) >= 11 is 0. The third-order valence-electron chi connectivity index (χ3n) is 3.52. The fourth-order valence-electron chi connectivity index (χ4n) is 2.10. The van der Waals surface area contributed by atoms with Gasteiger partial charge in [0.15, 0.2) is 0 Å². The molecule has 0 aliphatic rings. The number of carboxylic acids is 1. The Balaban J connectivity index is 1.84. The molecule has 1 aromatic carbocycles. The van der Waals surface area contributed by atoms with Crippen molar-refractivity contribution in [1.29, 1.82) is 0 Å². The van der Waals surface area contributed by atoms with Gasteiger partial charge in [0, 0.05) is 5.54 Å². The molecule has 2 rings (SSSR count). The minimum atomic E-state index is -0.965. The molecule has 2 aromatic rings. The summed E-state index contributed by atoms with van der Waals surface area (Å²) in [5.74, 6) is -0.325. The van der Waals surface area contributed by atoms with E-state index in [9.17, 15) is 4.79 Å². The van der Waals surface area contributed by atoms with Crippen LogP contribution in [0.1, 0.15) is 41.9 Å². The maximum absolute atomic E-state index is 10.8. The highest BCUT2D eigenvalue weighted by Crippen LogP contribution is 2.15. The molecule has 0 fully saturated rings. The summed E-state index contributed by atoms with van der Waals surface area (Å²) in [5.41, 5.74) is 1.46. The summed E-state index contributed by atoms with van der Waals surface area (Å²) in [5, 5.41) is 12.3. The second kappa shape index (κ2) is 6.59. The standard InChI is InChI=1S/C17H21NO3/c1-17(2,9-8-13-6-4-3-5-7-13)18-11-15-10-14(12-21-15)16(19)20/h3-7,10,12,18H,8-9,11H2,1-2H3,(H,19,20). The third kappa shape index (κ3) is 4.76. The lowest BCUT2D eigenvalue weighted by Gasteiger charge is -2.26. The van der Waals surface area contributed by atoms with Crippen LogP contribution in [0.15, 0.2) is 47.1 Å². The minimum Gasteiger partial charge on any atom is -0.478 e. The third-order valence-corrected chi connectivity index (χ3v) is 3.52. The molecule has 0 bridgehead atoms. The molecule has 4 heteroatoms. The van der Waals surface area contributed by atoms with Gasteiger partial charge in [0.1, 0.15) is 12.0 Å². The van der Waals surface area contributed by atoms with Crippen molar-refractivity contribution in [1.82, 2.24) is 5.32 Å². The van der Waals surface area contributed by atoms with Crippen LogP contribution in [0.2, 0.25) is 0 Å². The van der Waals surface area contributed by atoms with E-state index in [1.165, 1.54) is 11.8 Å². The van der Waals surface area contributed by atoms with Gasteiger partial charge in [0.05, 0.1) is 12.1 Å². The molecule has 0 unspecified atom stereocenters. The first-order valence-corrected chi connectivity index (χ1v) is 7.06. The van der Waals surface area contributed by atoms with Gasteiger partial charge in [-0.3, -0.25) is 0 Å². The average Bonchev–Trinajstić information content (AvgIpc) is 2.94. The molecule has 0 aliphatic carbocycles. The monoisotopic (exact) mass is 287 g/mol. The zero-order valence-electron chi connectivity index (χ0n) is 12.4. The SMILES string of the molecule is CC(C)(CCc1ccccc1)NCc1cc(C(=O)O)co1. The van der Waals surface area contributed by atoms with Crippen LogP contribution < -0.4 is 5.32 Å². The van der Waals surface area contributed by atoms with Gasteiger partial charge < -0.3 is 14.8 Å². The maximum Gasteiger partial charge on any atom is 0.338 e. The van der Waals surface area contributed by atoms with Gasteiger partial charge in [0.25, 0.3) is 0 Å². The fraction of sp³-hybridized carbons (Fsp3) is 0.353. The van der Waals surface area contributed by atoms with E-state index in [4.69, 9.17) is 9.52 Å². The van der Waals surface area contributed by atoms with Crippen LogP contribution in [0.4, 0.5) is 0 Å². The number of hydrogen-bond donors (Lipinski definition) is 2. The van der Waals surface area contributed by atoms with Crippen LogP contribution in [0.5, 0.6) is 0 Å². The highest BCUT2D eigenvalue weighted by Gasteiger charge is 2.18. The van der Waals surface area contributed by atoms with Gasteiger partial charge in [-0.15, -0.1) is 0 Å². The molecule has 0 radical (unpaired) electrons. The molecule has 0 atom stereocenters. The van der Waals surface area contributed by atoms with Gasteiger partial charge >= 0.3 is 5.97 Å². The second-order valence-electron chi connectivity index (χ2n) is 5.83. The van der Waals surface area contributed by atoms with Crippen molar-refractivity contribution in [2.45, 2.75) is 38.8 Å². The number of aromatic carboxylic acids is 1. The van der Waals surface area contributed by atoms with E-state index in [1.807, 2.05) is 18.2 Å². The average molecular weight is 287 g/mol. The van der Waals surface area contributed by atoms with E-state index in [0.29, 0.717) is 12.3 Å². The normalized spacial score (nSPS) is 11.5. The van der Waals surface area contributed by atoms with E-state index in [2.05, 4.69) is 31.3 Å². The van der Waals surface area contributed by atoms with Gasteiger partial charge in [-0.05, 0) is 38.3 Å². The first kappa shape index (κ1) is 15.3. The molecule has 0 saturated carbocycles. The van der Waals surface area contributed by atoms with Crippen molar-refractivity contribution in [3.05, 3.63) is 59.5 Å². The van der Waals surface area contributed by atoms with E-state index >= 15 is 0 Å². The van der Waals surface area contributed by atoms with Crippen molar-refractivity contribution in [2.24, 2.45) is 0 Å². The van der Waals surface area contributed by atoms with Crippen LogP contribution >= 0.6 is 0 Å². The number of furan rings is 1. The second-order valence-corrected chi connectivity index (χ2v) is 5.83. The topological polar surface area (TPSA) is 62.5 Å². The van der Waals surface area contributed by atoms with E-state index in [1.54, 1.807) is 6.07 Å². The van der Waals surface area contributed by atoms with Crippen LogP contribution in [-0.4, -0.2) is 16.6 Å². The van der Waals surface area contributed by atoms with Crippen molar-refractivity contribution in [2.75, 3.05) is 0 Å². The predicted molar refractivity (Wildman–Crippen MR) is 81.3 cm³/mol. The number of carboxylic acid groups (broad SMARTS) is 1. The molecule has 21 heavy (non-hydrogen) atoms. The molecule has 1 aromatic heterocycles. The highest BCUT2D eigenvalue weighted by atomic mass is 16.4. The number of rotatable bonds is 7. The van der Waals surface area contributed by atoms with Crippen molar-refractivity contribution < 1.29 is 14.3 Å². The molecule has 0 spiro atoms. The van der Waals surface area contributed by atoms with Crippen molar-refractivity contribution >= 4 is 5.97 Å². The predicted octanol–water partition coefficient (Wildman–Crippen LogP) is 3.48. The lowest BCUT2D eigenvalue weighted by Crippen LogP contribution is -2.39. The lowest BCUT2D eigenvalue weighted by atomic mass is 9.95. The van der Waals surface area contributed by atoms with Gasteiger partial charge in [-0.1, -0.05) is 30.3 Å². The Kier molecular flexibility index (Phi) is 4.81. The summed E-state index contributed by atoms with van der Waals surface area (Å²) in [6.45, 7) is 4.79. The summed E-state index contributed by atoms with van der Waals surface area (Å²) in [6.07, 6.45) is 3.26. The van der Waals surface area contributed by atoms with Gasteiger partial charge in [-0.25, -0.2) is 4.79 Å². The zero-order chi connectivity index (χ0) is 15.3. The smallest absolute Gasteiger partial charge is 0.338 e. The summed E-state index contributed by atoms with van der Waals surface area (Å²) in [6, 6.07) is 11.9. The maximum atomic E-state index is 10.8. The molecule has 4 nitrogen and oxygen atoms in total. The van der Waals surface area contributed by atoms with E-state index in [-0.39, 0.29) is 11.1 Å². The first-order chi connectivity index (χ1) is 9.96. The van der Waals surface area contributed by atoms with Gasteiger partial charge in [0.2, 0.25) is 0 Å². The van der Waals surface area contributed by atoms with Crippen molar-refractivity contribution in [3.63, 3.8) is 0 Å². The van der Waals surface area contributed by atoms with Crippen molar-refractivity contribution in [3.8, 4) is 0 Å². The number of carbonyl (C=O) groups is 1. The lowest BCUT2D eigenvalue weighted by molar-refractivity contribution is 0.0696. The molecular formula is C17H21NO3. The summed E-state index contributed by atoms with van der Waals surface area (Å²) in [7, 11) is 0. The van der Waals surface area contributed by atoms with Crippen LogP contribution in [0.3, 0.4) is 0 Å². The first-order valence-electron chi connectivity index (χ1n) is 7.06. The molecule has 112 valence electrons. The summed E-state index contributed by atoms with van der Waals surface area (Å²) in [4.78, 5) is 10.8. The molecule has 0 aliphatic heterocycles. The Hall–Kier alpha value is -2.07. The Morgan fingerprint density at radius 3 is 2.62 bits per heavy atom. The number of hydrogen-bond acceptors (Lipinski definition) is 3. The number of benzene rings is 1. The number of nitrogens with one attached hydrogen (secondary N) is 1. The van der Waals surface area contributed by atoms with E-state index < -0.39 is 5.97 Å². The van der Waals surface area contributed by atoms with Crippen LogP contribution in [0.25, 0.3) is 0 Å². The molecule has 1 heterocycles. The van der Waals surface area contributed by atoms with Crippen LogP contribution in [-0.2, 0) is 13.0 Å². The quantitative estimate of drug-likeness (QED) is 0.818. The summed E-state index contributed by atoms with van der Waals surface area (Å²) < 4.78 is 5.24. The van der Waals surface area contributed by atoms with Gasteiger partial charge in [-0.2, -0.15) is 0 Å².